The molecule has 0 aliphatic rings. The lowest BCUT2D eigenvalue weighted by molar-refractivity contribution is -0.139. The van der Waals surface area contributed by atoms with E-state index in [0.29, 0.717) is 11.4 Å². The summed E-state index contributed by atoms with van der Waals surface area (Å²) < 4.78 is 0. The average Bonchev–Trinajstić information content (AvgIpc) is 2.30. The first-order chi connectivity index (χ1) is 8.81. The Morgan fingerprint density at radius 1 is 1.32 bits per heavy atom. The Morgan fingerprint density at radius 3 is 2.47 bits per heavy atom. The van der Waals surface area contributed by atoms with E-state index in [1.54, 1.807) is 6.07 Å². The lowest BCUT2D eigenvalue weighted by Gasteiger charge is -2.17. The Bertz CT molecular complexity index is 489. The minimum absolute atomic E-state index is 0.149. The third-order valence-corrected chi connectivity index (χ3v) is 3.05. The third-order valence-electron chi connectivity index (χ3n) is 2.48. The molecule has 1 aromatic rings. The van der Waals surface area contributed by atoms with Crippen molar-refractivity contribution >= 4 is 35.1 Å². The van der Waals surface area contributed by atoms with Crippen molar-refractivity contribution in [2.45, 2.75) is 26.3 Å². The Kier molecular flexibility index (Phi) is 5.63. The average molecular weight is 304 g/mol. The summed E-state index contributed by atoms with van der Waals surface area (Å²) in [5.74, 6) is -1.46. The number of hydrogen-bond acceptors (Lipinski definition) is 2. The molecule has 1 aromatic carbocycles. The van der Waals surface area contributed by atoms with E-state index in [1.807, 2.05) is 13.8 Å². The summed E-state index contributed by atoms with van der Waals surface area (Å²) in [6, 6.07) is 3.52. The van der Waals surface area contributed by atoms with Gasteiger partial charge in [-0.15, -0.1) is 0 Å². The molecular weight excluding hydrogens is 289 g/mol. The van der Waals surface area contributed by atoms with Gasteiger partial charge in [-0.2, -0.15) is 0 Å². The monoisotopic (exact) mass is 303 g/mol. The van der Waals surface area contributed by atoms with Crippen LogP contribution in [0, 0.1) is 5.92 Å². The van der Waals surface area contributed by atoms with Gasteiger partial charge in [0.25, 0.3) is 5.91 Å². The smallest absolute Gasteiger partial charge is 0.326 e. The van der Waals surface area contributed by atoms with E-state index in [9.17, 15) is 9.59 Å². The van der Waals surface area contributed by atoms with E-state index in [4.69, 9.17) is 28.3 Å². The normalized spacial score (nSPS) is 12.3. The van der Waals surface area contributed by atoms with Gasteiger partial charge in [-0.05, 0) is 30.5 Å². The summed E-state index contributed by atoms with van der Waals surface area (Å²) in [6.45, 7) is 3.77. The second-order valence-electron chi connectivity index (χ2n) is 4.62. The predicted octanol–water partition coefficient (Wildman–Crippen LogP) is 3.22. The molecule has 0 spiro atoms. The first kappa shape index (κ1) is 15.8. The molecule has 6 heteroatoms. The van der Waals surface area contributed by atoms with Crippen LogP contribution in [-0.4, -0.2) is 23.0 Å². The number of carbonyl (C=O) groups excluding carboxylic acids is 1. The quantitative estimate of drug-likeness (QED) is 0.877. The summed E-state index contributed by atoms with van der Waals surface area (Å²) in [7, 11) is 0. The number of carbonyl (C=O) groups is 2. The van der Waals surface area contributed by atoms with Crippen LogP contribution >= 0.6 is 23.2 Å². The molecule has 1 rings (SSSR count). The first-order valence-electron chi connectivity index (χ1n) is 5.80. The molecule has 0 saturated carbocycles. The fraction of sp³-hybridized carbons (Fsp3) is 0.385. The molecule has 0 aromatic heterocycles. The minimum Gasteiger partial charge on any atom is -0.480 e. The van der Waals surface area contributed by atoms with Crippen molar-refractivity contribution in [3.63, 3.8) is 0 Å². The molecule has 1 amide bonds. The van der Waals surface area contributed by atoms with Crippen molar-refractivity contribution in [2.24, 2.45) is 5.92 Å². The standard InChI is InChI=1S/C13H15Cl2NO3/c1-7(2)5-11(13(18)19)16-12(17)9-6-8(14)3-4-10(9)15/h3-4,6-7,11H,5H2,1-2H3,(H,16,17)(H,18,19)/t11-/m1/s1. The van der Waals surface area contributed by atoms with Crippen molar-refractivity contribution in [1.82, 2.24) is 5.32 Å². The van der Waals surface area contributed by atoms with Gasteiger partial charge in [0.05, 0.1) is 10.6 Å². The molecule has 0 heterocycles. The largest absolute Gasteiger partial charge is 0.480 e. The van der Waals surface area contributed by atoms with Crippen molar-refractivity contribution in [3.05, 3.63) is 33.8 Å². The number of nitrogens with one attached hydrogen (secondary N) is 1. The number of halogens is 2. The molecule has 19 heavy (non-hydrogen) atoms. The molecule has 0 unspecified atom stereocenters. The molecule has 2 N–H and O–H groups in total. The van der Waals surface area contributed by atoms with Crippen LogP contribution in [0.5, 0.6) is 0 Å². The second kappa shape index (κ2) is 6.78. The predicted molar refractivity (Wildman–Crippen MR) is 74.8 cm³/mol. The number of benzene rings is 1. The summed E-state index contributed by atoms with van der Waals surface area (Å²) in [4.78, 5) is 23.1. The summed E-state index contributed by atoms with van der Waals surface area (Å²) in [5.41, 5.74) is 0.171. The van der Waals surface area contributed by atoms with Crippen LogP contribution in [0.25, 0.3) is 0 Å². The van der Waals surface area contributed by atoms with E-state index in [1.165, 1.54) is 12.1 Å². The zero-order chi connectivity index (χ0) is 14.6. The Morgan fingerprint density at radius 2 is 1.95 bits per heavy atom. The number of aliphatic carboxylic acids is 1. The highest BCUT2D eigenvalue weighted by molar-refractivity contribution is 6.35. The second-order valence-corrected chi connectivity index (χ2v) is 5.46. The molecule has 0 saturated heterocycles. The molecule has 4 nitrogen and oxygen atoms in total. The van der Waals surface area contributed by atoms with E-state index in [-0.39, 0.29) is 16.5 Å². The molecule has 0 radical (unpaired) electrons. The molecular formula is C13H15Cl2NO3. The fourth-order valence-electron chi connectivity index (χ4n) is 1.60. The van der Waals surface area contributed by atoms with Gasteiger partial charge in [-0.3, -0.25) is 4.79 Å². The molecule has 1 atom stereocenters. The van der Waals surface area contributed by atoms with Gasteiger partial charge in [0.2, 0.25) is 0 Å². The molecule has 0 fully saturated rings. The summed E-state index contributed by atoms with van der Waals surface area (Å²) in [5, 5.41) is 12.1. The van der Waals surface area contributed by atoms with Gasteiger partial charge in [-0.1, -0.05) is 37.0 Å². The number of carboxylic acid groups (broad SMARTS) is 1. The van der Waals surface area contributed by atoms with Gasteiger partial charge in [0, 0.05) is 5.02 Å². The third kappa shape index (κ3) is 4.73. The van der Waals surface area contributed by atoms with Crippen LogP contribution in [0.15, 0.2) is 18.2 Å². The lowest BCUT2D eigenvalue weighted by atomic mass is 10.0. The van der Waals surface area contributed by atoms with E-state index < -0.39 is 17.9 Å². The number of hydrogen-bond donors (Lipinski definition) is 2. The topological polar surface area (TPSA) is 66.4 Å². The highest BCUT2D eigenvalue weighted by atomic mass is 35.5. The van der Waals surface area contributed by atoms with Crippen LogP contribution < -0.4 is 5.32 Å². The van der Waals surface area contributed by atoms with Crippen LogP contribution in [0.4, 0.5) is 0 Å². The van der Waals surface area contributed by atoms with Gasteiger partial charge < -0.3 is 10.4 Å². The van der Waals surface area contributed by atoms with Crippen LogP contribution in [0.2, 0.25) is 10.0 Å². The number of amides is 1. The number of carboxylic acids is 1. The Hall–Kier alpha value is -1.26. The zero-order valence-corrected chi connectivity index (χ0v) is 12.1. The van der Waals surface area contributed by atoms with E-state index in [0.717, 1.165) is 0 Å². The van der Waals surface area contributed by atoms with Gasteiger partial charge in [0.1, 0.15) is 6.04 Å². The Balaban J connectivity index is 2.87. The maximum Gasteiger partial charge on any atom is 0.326 e. The van der Waals surface area contributed by atoms with Crippen LogP contribution in [0.3, 0.4) is 0 Å². The highest BCUT2D eigenvalue weighted by Gasteiger charge is 2.22. The van der Waals surface area contributed by atoms with Crippen molar-refractivity contribution in [1.29, 1.82) is 0 Å². The lowest BCUT2D eigenvalue weighted by Crippen LogP contribution is -2.41. The van der Waals surface area contributed by atoms with Crippen molar-refractivity contribution < 1.29 is 14.7 Å². The van der Waals surface area contributed by atoms with Crippen LogP contribution in [-0.2, 0) is 4.79 Å². The van der Waals surface area contributed by atoms with Gasteiger partial charge >= 0.3 is 5.97 Å². The van der Waals surface area contributed by atoms with Gasteiger partial charge in [0.15, 0.2) is 0 Å². The van der Waals surface area contributed by atoms with E-state index >= 15 is 0 Å². The molecule has 104 valence electrons. The van der Waals surface area contributed by atoms with Crippen molar-refractivity contribution in [2.75, 3.05) is 0 Å². The molecule has 0 aliphatic carbocycles. The van der Waals surface area contributed by atoms with Crippen molar-refractivity contribution in [3.8, 4) is 0 Å². The Labute approximate surface area is 121 Å². The molecule has 0 aliphatic heterocycles. The summed E-state index contributed by atoms with van der Waals surface area (Å²) in [6.07, 6.45) is 0.346. The zero-order valence-electron chi connectivity index (χ0n) is 10.6. The maximum absolute atomic E-state index is 12.0. The first-order valence-corrected chi connectivity index (χ1v) is 6.55. The highest BCUT2D eigenvalue weighted by Crippen LogP contribution is 2.20. The SMILES string of the molecule is CC(C)C[C@@H](NC(=O)c1cc(Cl)ccc1Cl)C(=O)O. The molecule has 0 bridgehead atoms. The van der Waals surface area contributed by atoms with E-state index in [2.05, 4.69) is 5.32 Å². The van der Waals surface area contributed by atoms with Gasteiger partial charge in [-0.25, -0.2) is 4.79 Å². The number of rotatable bonds is 5. The van der Waals surface area contributed by atoms with Crippen LogP contribution in [0.1, 0.15) is 30.6 Å². The maximum atomic E-state index is 12.0. The summed E-state index contributed by atoms with van der Waals surface area (Å²) >= 11 is 11.7. The fourth-order valence-corrected chi connectivity index (χ4v) is 1.98. The minimum atomic E-state index is -1.07.